The fraction of sp³-hybridized carbons (Fsp3) is 0.318. The van der Waals surface area contributed by atoms with Gasteiger partial charge in [-0.15, -0.1) is 0 Å². The van der Waals surface area contributed by atoms with E-state index in [1.54, 1.807) is 18.2 Å². The van der Waals surface area contributed by atoms with Crippen LogP contribution in [-0.4, -0.2) is 17.6 Å². The quantitative estimate of drug-likeness (QED) is 0.490. The van der Waals surface area contributed by atoms with E-state index in [0.29, 0.717) is 23.2 Å². The zero-order valence-corrected chi connectivity index (χ0v) is 16.6. The molecule has 0 aromatic heterocycles. The Morgan fingerprint density at radius 2 is 1.93 bits per heavy atom. The zero-order valence-electron chi connectivity index (χ0n) is 16.6. The Balaban J connectivity index is 1.90. The highest BCUT2D eigenvalue weighted by molar-refractivity contribution is 6.54. The van der Waals surface area contributed by atoms with E-state index in [4.69, 9.17) is 4.84 Å². The average molecular weight is 418 g/mol. The molecule has 2 aromatic rings. The Morgan fingerprint density at radius 1 is 1.17 bits per heavy atom. The third-order valence-electron chi connectivity index (χ3n) is 4.71. The molecule has 0 N–H and O–H groups in total. The summed E-state index contributed by atoms with van der Waals surface area (Å²) in [6.07, 6.45) is -2.82. The largest absolute Gasteiger partial charge is 0.416 e. The number of aryl methyl sites for hydroxylation is 1. The Kier molecular flexibility index (Phi) is 6.24. The number of unbranched alkanes of at least 4 members (excludes halogenated alkanes) is 1. The van der Waals surface area contributed by atoms with Crippen LogP contribution >= 0.6 is 0 Å². The molecule has 0 radical (unpaired) electrons. The van der Waals surface area contributed by atoms with Crippen molar-refractivity contribution in [2.45, 2.75) is 45.8 Å². The summed E-state index contributed by atoms with van der Waals surface area (Å²) in [7, 11) is 0. The summed E-state index contributed by atoms with van der Waals surface area (Å²) in [5.41, 5.74) is 1.36. The lowest BCUT2D eigenvalue weighted by Gasteiger charge is -2.18. The smallest absolute Gasteiger partial charge is 0.317 e. The van der Waals surface area contributed by atoms with Crippen molar-refractivity contribution >= 4 is 23.3 Å². The van der Waals surface area contributed by atoms with Crippen LogP contribution in [0, 0.1) is 6.92 Å². The number of carbonyl (C=O) groups excluding carboxylic acids is 2. The number of alkyl halides is 3. The summed E-state index contributed by atoms with van der Waals surface area (Å²) in [5, 5.41) is 3.78. The highest BCUT2D eigenvalue weighted by Crippen LogP contribution is 2.33. The van der Waals surface area contributed by atoms with Gasteiger partial charge in [-0.3, -0.25) is 4.79 Å². The van der Waals surface area contributed by atoms with Gasteiger partial charge in [-0.2, -0.15) is 13.2 Å². The van der Waals surface area contributed by atoms with Crippen molar-refractivity contribution in [2.24, 2.45) is 5.16 Å². The van der Waals surface area contributed by atoms with Gasteiger partial charge in [-0.05, 0) is 43.2 Å². The lowest BCUT2D eigenvalue weighted by Crippen LogP contribution is -2.30. The van der Waals surface area contributed by atoms with Gasteiger partial charge in [0.25, 0.3) is 5.91 Å². The van der Waals surface area contributed by atoms with Crippen LogP contribution in [0.1, 0.15) is 48.4 Å². The number of hydrogen-bond acceptors (Lipinski definition) is 4. The monoisotopic (exact) mass is 418 g/mol. The molecule has 0 bridgehead atoms. The van der Waals surface area contributed by atoms with E-state index in [9.17, 15) is 22.8 Å². The van der Waals surface area contributed by atoms with Gasteiger partial charge in [0.1, 0.15) is 0 Å². The SMILES string of the molecule is CCCCC(=O)O/N=C1/C(=O)N(Cc2cccc(C(F)(F)F)c2)c2ccc(C)cc21. The van der Waals surface area contributed by atoms with Gasteiger partial charge < -0.3 is 9.74 Å². The number of hydrogen-bond donors (Lipinski definition) is 0. The fourth-order valence-electron chi connectivity index (χ4n) is 3.16. The summed E-state index contributed by atoms with van der Waals surface area (Å²) in [5.74, 6) is -1.07. The summed E-state index contributed by atoms with van der Waals surface area (Å²) < 4.78 is 39.1. The van der Waals surface area contributed by atoms with E-state index in [1.165, 1.54) is 17.0 Å². The second kappa shape index (κ2) is 8.69. The van der Waals surface area contributed by atoms with Gasteiger partial charge in [-0.25, -0.2) is 4.79 Å². The predicted octanol–water partition coefficient (Wildman–Crippen LogP) is 5.00. The number of benzene rings is 2. The zero-order chi connectivity index (χ0) is 21.9. The van der Waals surface area contributed by atoms with Gasteiger partial charge in [0.05, 0.1) is 17.8 Å². The molecule has 0 aliphatic carbocycles. The molecule has 0 spiro atoms. The van der Waals surface area contributed by atoms with Gasteiger partial charge in [0.15, 0.2) is 5.71 Å². The second-order valence-electron chi connectivity index (χ2n) is 7.12. The first-order chi connectivity index (χ1) is 14.2. The van der Waals surface area contributed by atoms with Crippen LogP contribution in [0.4, 0.5) is 18.9 Å². The van der Waals surface area contributed by atoms with Gasteiger partial charge in [0, 0.05) is 12.0 Å². The number of nitrogens with zero attached hydrogens (tertiary/aromatic N) is 2. The summed E-state index contributed by atoms with van der Waals surface area (Å²) >= 11 is 0. The molecule has 0 saturated heterocycles. The Labute approximate surface area is 172 Å². The molecule has 30 heavy (non-hydrogen) atoms. The van der Waals surface area contributed by atoms with Crippen molar-refractivity contribution in [3.8, 4) is 0 Å². The van der Waals surface area contributed by atoms with Crippen molar-refractivity contribution in [3.05, 3.63) is 64.7 Å². The number of halogens is 3. The normalized spacial score (nSPS) is 14.9. The molecule has 0 saturated carbocycles. The lowest BCUT2D eigenvalue weighted by molar-refractivity contribution is -0.143. The maximum Gasteiger partial charge on any atom is 0.416 e. The van der Waals surface area contributed by atoms with Crippen molar-refractivity contribution in [1.29, 1.82) is 0 Å². The molecule has 3 rings (SSSR count). The Hall–Kier alpha value is -3.16. The third-order valence-corrected chi connectivity index (χ3v) is 4.71. The highest BCUT2D eigenvalue weighted by atomic mass is 19.4. The first-order valence-electron chi connectivity index (χ1n) is 9.57. The third kappa shape index (κ3) is 4.69. The molecule has 0 unspecified atom stereocenters. The number of amides is 1. The van der Waals surface area contributed by atoms with Crippen LogP contribution in [0.3, 0.4) is 0 Å². The van der Waals surface area contributed by atoms with Crippen molar-refractivity contribution in [2.75, 3.05) is 4.90 Å². The number of oxime groups is 1. The summed E-state index contributed by atoms with van der Waals surface area (Å²) in [6.45, 7) is 3.71. The van der Waals surface area contributed by atoms with Gasteiger partial charge >= 0.3 is 12.1 Å². The highest BCUT2D eigenvalue weighted by Gasteiger charge is 2.36. The topological polar surface area (TPSA) is 59.0 Å². The number of carbonyl (C=O) groups is 2. The number of anilines is 1. The molecule has 1 heterocycles. The molecule has 1 aliphatic heterocycles. The number of rotatable bonds is 6. The molecular formula is C22H21F3N2O3. The van der Waals surface area contributed by atoms with Crippen molar-refractivity contribution in [3.63, 3.8) is 0 Å². The van der Waals surface area contributed by atoms with Crippen LogP contribution in [0.15, 0.2) is 47.6 Å². The van der Waals surface area contributed by atoms with Crippen molar-refractivity contribution in [1.82, 2.24) is 0 Å². The van der Waals surface area contributed by atoms with Crippen LogP contribution in [0.2, 0.25) is 0 Å². The van der Waals surface area contributed by atoms with Crippen LogP contribution in [0.25, 0.3) is 0 Å². The minimum Gasteiger partial charge on any atom is -0.317 e. The summed E-state index contributed by atoms with van der Waals surface area (Å²) in [6, 6.07) is 10.1. The minimum atomic E-state index is -4.47. The maximum atomic E-state index is 13.0. The molecule has 1 amide bonds. The Bertz CT molecular complexity index is 999. The van der Waals surface area contributed by atoms with E-state index >= 15 is 0 Å². The van der Waals surface area contributed by atoms with E-state index < -0.39 is 23.6 Å². The summed E-state index contributed by atoms with van der Waals surface area (Å²) in [4.78, 5) is 31.0. The molecule has 5 nitrogen and oxygen atoms in total. The van der Waals surface area contributed by atoms with Gasteiger partial charge in [0.2, 0.25) is 0 Å². The van der Waals surface area contributed by atoms with Crippen LogP contribution in [-0.2, 0) is 27.1 Å². The maximum absolute atomic E-state index is 13.0. The average Bonchev–Trinajstić information content (AvgIpc) is 2.95. The fourth-order valence-corrected chi connectivity index (χ4v) is 3.16. The predicted molar refractivity (Wildman–Crippen MR) is 106 cm³/mol. The molecular weight excluding hydrogens is 397 g/mol. The molecule has 2 aromatic carbocycles. The number of fused-ring (bicyclic) bond motifs is 1. The Morgan fingerprint density at radius 3 is 2.63 bits per heavy atom. The van der Waals surface area contributed by atoms with Gasteiger partial charge in [-0.1, -0.05) is 42.3 Å². The molecule has 8 heteroatoms. The van der Waals surface area contributed by atoms with Crippen molar-refractivity contribution < 1.29 is 27.6 Å². The first-order valence-corrected chi connectivity index (χ1v) is 9.57. The molecule has 1 aliphatic rings. The lowest BCUT2D eigenvalue weighted by atomic mass is 10.1. The molecule has 0 fully saturated rings. The van der Waals surface area contributed by atoms with E-state index in [0.717, 1.165) is 24.1 Å². The molecule has 158 valence electrons. The van der Waals surface area contributed by atoms with Crippen LogP contribution in [0.5, 0.6) is 0 Å². The van der Waals surface area contributed by atoms with E-state index in [2.05, 4.69) is 5.16 Å². The van der Waals surface area contributed by atoms with Crippen LogP contribution < -0.4 is 4.90 Å². The first kappa shape index (κ1) is 21.5. The minimum absolute atomic E-state index is 0.0366. The van der Waals surface area contributed by atoms with E-state index in [1.807, 2.05) is 13.8 Å². The van der Waals surface area contributed by atoms with E-state index in [-0.39, 0.29) is 18.7 Å². The molecule has 0 atom stereocenters. The standard InChI is InChI=1S/C22H21F3N2O3/c1-3-4-8-19(28)30-26-20-17-11-14(2)9-10-18(17)27(21(20)29)13-15-6-5-7-16(12-15)22(23,24)25/h5-7,9-12H,3-4,8,13H2,1-2H3/b26-20+. The second-order valence-corrected chi connectivity index (χ2v) is 7.12.